The van der Waals surface area contributed by atoms with Gasteiger partial charge >= 0.3 is 133 Å². The molecule has 5 aromatic rings. The van der Waals surface area contributed by atoms with E-state index in [-0.39, 0.29) is 35.6 Å². The SMILES string of the molecule is CC(C)(C)c1ccc2[cH-]c3ccc(C(C)(C)C)cc3c2c1.Cl.Cl.Clc1cccc(C[C](=[Zr+2])Cc2cccc(Cl)c2)c1.[C-]1=CC=CC1. The van der Waals surface area contributed by atoms with Gasteiger partial charge in [-0.05, 0) is 10.8 Å². The molecule has 0 saturated heterocycles. The van der Waals surface area contributed by atoms with Crippen LogP contribution in [0.1, 0.15) is 70.2 Å². The van der Waals surface area contributed by atoms with Gasteiger partial charge in [-0.3, -0.25) is 6.08 Å². The summed E-state index contributed by atoms with van der Waals surface area (Å²) >= 11 is 13.4. The van der Waals surface area contributed by atoms with Crippen molar-refractivity contribution in [1.82, 2.24) is 0 Å². The first-order valence-electron chi connectivity index (χ1n) is 15.2. The van der Waals surface area contributed by atoms with E-state index in [0.29, 0.717) is 0 Å². The van der Waals surface area contributed by atoms with Crippen molar-refractivity contribution in [3.63, 3.8) is 0 Å². The van der Waals surface area contributed by atoms with Crippen molar-refractivity contribution in [2.24, 2.45) is 0 Å². The topological polar surface area (TPSA) is 0 Å². The van der Waals surface area contributed by atoms with E-state index in [0.717, 1.165) is 29.3 Å². The molecule has 5 heteroatoms. The summed E-state index contributed by atoms with van der Waals surface area (Å²) in [7, 11) is 0. The summed E-state index contributed by atoms with van der Waals surface area (Å²) in [5.41, 5.74) is 5.75. The van der Waals surface area contributed by atoms with E-state index < -0.39 is 0 Å². The average Bonchev–Trinajstić information content (AvgIpc) is 3.64. The maximum atomic E-state index is 5.99. The number of rotatable bonds is 4. The Morgan fingerprint density at radius 1 is 0.696 bits per heavy atom. The molecule has 1 aliphatic rings. The summed E-state index contributed by atoms with van der Waals surface area (Å²) in [6.45, 7) is 13.7. The first-order chi connectivity index (χ1) is 20.8. The van der Waals surface area contributed by atoms with E-state index >= 15 is 0 Å². The second-order valence-corrected chi connectivity index (χ2v) is 16.1. The van der Waals surface area contributed by atoms with Crippen molar-refractivity contribution in [1.29, 1.82) is 0 Å². The molecule has 0 nitrogen and oxygen atoms in total. The number of hydrogen-bond acceptors (Lipinski definition) is 0. The molecule has 0 amide bonds. The Kier molecular flexibility index (Phi) is 15.8. The van der Waals surface area contributed by atoms with Gasteiger partial charge in [0.2, 0.25) is 0 Å². The normalized spacial score (nSPS) is 12.0. The average molecular weight is 770 g/mol. The van der Waals surface area contributed by atoms with Crippen LogP contribution in [0, 0.1) is 6.08 Å². The van der Waals surface area contributed by atoms with Gasteiger partial charge in [-0.15, -0.1) is 71.0 Å². The summed E-state index contributed by atoms with van der Waals surface area (Å²) in [5.74, 6) is 0. The molecule has 0 bridgehead atoms. The van der Waals surface area contributed by atoms with E-state index in [9.17, 15) is 0 Å². The van der Waals surface area contributed by atoms with Crippen LogP contribution in [-0.4, -0.2) is 3.21 Å². The van der Waals surface area contributed by atoms with Gasteiger partial charge in [0.05, 0.1) is 0 Å². The minimum atomic E-state index is 0. The summed E-state index contributed by atoms with van der Waals surface area (Å²) in [4.78, 5) is 0. The van der Waals surface area contributed by atoms with E-state index in [2.05, 4.69) is 108 Å². The minimum absolute atomic E-state index is 0. The molecule has 0 N–H and O–H groups in total. The van der Waals surface area contributed by atoms with E-state index in [1.54, 1.807) is 0 Å². The smallest absolute Gasteiger partial charge is 0.109 e. The van der Waals surface area contributed by atoms with Gasteiger partial charge in [0, 0.05) is 0 Å². The second kappa shape index (κ2) is 18.1. The molecule has 6 rings (SSSR count). The number of allylic oxidation sites excluding steroid dienone is 4. The number of halogens is 4. The molecule has 0 atom stereocenters. The molecule has 0 saturated carbocycles. The van der Waals surface area contributed by atoms with Gasteiger partial charge in [-0.1, -0.05) is 76.9 Å². The Morgan fingerprint density at radius 2 is 1.15 bits per heavy atom. The molecule has 0 aromatic heterocycles. The summed E-state index contributed by atoms with van der Waals surface area (Å²) < 4.78 is 1.49. The Balaban J connectivity index is 0.000000270. The molecule has 0 spiro atoms. The molecule has 5 aromatic carbocycles. The van der Waals surface area contributed by atoms with Crippen LogP contribution in [0.5, 0.6) is 0 Å². The zero-order valence-electron chi connectivity index (χ0n) is 27.6. The van der Waals surface area contributed by atoms with Crippen LogP contribution >= 0.6 is 48.0 Å². The second-order valence-electron chi connectivity index (χ2n) is 13.5. The minimum Gasteiger partial charge on any atom is -0.273 e. The maximum absolute atomic E-state index is 5.99. The number of hydrogen-bond donors (Lipinski definition) is 0. The van der Waals surface area contributed by atoms with Gasteiger partial charge < -0.3 is 0 Å². The van der Waals surface area contributed by atoms with Gasteiger partial charge in [0.15, 0.2) is 0 Å². The molecular formula is C41H44Cl4Zr. The summed E-state index contributed by atoms with van der Waals surface area (Å²) in [6.07, 6.45) is 12.0. The third-order valence-electron chi connectivity index (χ3n) is 7.64. The Labute approximate surface area is 313 Å². The van der Waals surface area contributed by atoms with Crippen molar-refractivity contribution >= 4 is 72.8 Å². The first kappa shape index (κ1) is 40.3. The Bertz CT molecular complexity index is 1670. The van der Waals surface area contributed by atoms with Crippen molar-refractivity contribution in [2.75, 3.05) is 0 Å². The quantitative estimate of drug-likeness (QED) is 0.160. The zero-order valence-corrected chi connectivity index (χ0v) is 33.2. The standard InChI is InChI=1S/C21H25.C15H12Cl2.C5H5.2ClH.Zr/c1-20(2,3)16-9-7-14-11-15-8-10-17(21(4,5)6)13-19(15)18(14)12-16;16-14-8-2-6-12(10-14)4-1-5-13-7-3-9-15(17)11-13;1-2-4-5-3-1;;;/h7-13H,1-6H3;2-3,6-11H,4-5H2;1-3H,4H2;2*1H;/q-1;;-1;;;+2. The Hall–Kier alpha value is -1.86. The van der Waals surface area contributed by atoms with Crippen LogP contribution in [-0.2, 0) is 47.9 Å². The number of fused-ring (bicyclic) bond motifs is 3. The van der Waals surface area contributed by atoms with Gasteiger partial charge in [-0.2, -0.15) is 6.08 Å². The van der Waals surface area contributed by atoms with Crippen LogP contribution in [0.25, 0.3) is 21.5 Å². The zero-order chi connectivity index (χ0) is 31.9. The third-order valence-corrected chi connectivity index (χ3v) is 8.98. The first-order valence-corrected chi connectivity index (χ1v) is 17.2. The van der Waals surface area contributed by atoms with Gasteiger partial charge in [0.25, 0.3) is 0 Å². The van der Waals surface area contributed by atoms with Crippen LogP contribution in [0.15, 0.2) is 109 Å². The predicted octanol–water partition coefficient (Wildman–Crippen LogP) is 13.0. The molecule has 0 fully saturated rings. The van der Waals surface area contributed by atoms with Crippen LogP contribution in [0.4, 0.5) is 0 Å². The van der Waals surface area contributed by atoms with Crippen molar-refractivity contribution in [3.05, 3.63) is 148 Å². The van der Waals surface area contributed by atoms with Crippen molar-refractivity contribution in [3.8, 4) is 0 Å². The van der Waals surface area contributed by atoms with Crippen LogP contribution < -0.4 is 0 Å². The summed E-state index contributed by atoms with van der Waals surface area (Å²) in [6, 6.07) is 32.3. The van der Waals surface area contributed by atoms with Gasteiger partial charge in [0.1, 0.15) is 0 Å². The fourth-order valence-corrected chi connectivity index (χ4v) is 6.55. The van der Waals surface area contributed by atoms with E-state index in [4.69, 9.17) is 23.2 Å². The molecule has 0 heterocycles. The van der Waals surface area contributed by atoms with Crippen LogP contribution in [0.3, 0.4) is 0 Å². The third kappa shape index (κ3) is 12.0. The van der Waals surface area contributed by atoms with Crippen molar-refractivity contribution in [2.45, 2.75) is 71.6 Å². The molecule has 240 valence electrons. The molecule has 46 heavy (non-hydrogen) atoms. The monoisotopic (exact) mass is 766 g/mol. The fourth-order valence-electron chi connectivity index (χ4n) is 5.12. The number of benzene rings is 4. The maximum Gasteiger partial charge on any atom is -0.109 e. The fraction of sp³-hybridized carbons (Fsp3) is 0.268. The van der Waals surface area contributed by atoms with E-state index in [1.807, 2.05) is 48.6 Å². The predicted molar refractivity (Wildman–Crippen MR) is 206 cm³/mol. The molecule has 1 aliphatic carbocycles. The molecule has 0 unspecified atom stereocenters. The molecule has 0 radical (unpaired) electrons. The van der Waals surface area contributed by atoms with E-state index in [1.165, 1.54) is 71.2 Å². The largest absolute Gasteiger partial charge is 0.273 e. The van der Waals surface area contributed by atoms with Crippen LogP contribution in [0.2, 0.25) is 10.0 Å². The summed E-state index contributed by atoms with van der Waals surface area (Å²) in [5, 5.41) is 7.10. The van der Waals surface area contributed by atoms with Gasteiger partial charge in [-0.25, -0.2) is 12.2 Å². The Morgan fingerprint density at radius 3 is 1.48 bits per heavy atom. The van der Waals surface area contributed by atoms with Crippen molar-refractivity contribution < 1.29 is 24.2 Å². The molecule has 0 aliphatic heterocycles. The molecular weight excluding hydrogens is 725 g/mol.